The molecule has 1 aliphatic carbocycles. The normalized spacial score (nSPS) is 38.2. The summed E-state index contributed by atoms with van der Waals surface area (Å²) < 4.78 is 0. The van der Waals surface area contributed by atoms with Crippen molar-refractivity contribution in [3.63, 3.8) is 0 Å². The van der Waals surface area contributed by atoms with Crippen molar-refractivity contribution in [2.75, 3.05) is 0 Å². The van der Waals surface area contributed by atoms with E-state index in [0.717, 1.165) is 11.6 Å². The lowest BCUT2D eigenvalue weighted by Crippen LogP contribution is -2.18. The van der Waals surface area contributed by atoms with Crippen LogP contribution in [0.25, 0.3) is 0 Å². The number of hydrogen-bond donors (Lipinski definition) is 0. The summed E-state index contributed by atoms with van der Waals surface area (Å²) in [4.78, 5) is 0. The molecule has 1 heterocycles. The Bertz CT molecular complexity index is 387. The van der Waals surface area contributed by atoms with Crippen LogP contribution < -0.4 is 5.30 Å². The molecule has 1 aromatic carbocycles. The molecule has 1 aliphatic heterocycles. The molecule has 1 saturated carbocycles. The molecular formula is C13H15PS. The predicted octanol–water partition coefficient (Wildman–Crippen LogP) is 3.49. The molecule has 0 bridgehead atoms. The zero-order chi connectivity index (χ0) is 10.3. The van der Waals surface area contributed by atoms with Crippen LogP contribution in [0.4, 0.5) is 0 Å². The fourth-order valence-electron chi connectivity index (χ4n) is 2.96. The second-order valence-corrected chi connectivity index (χ2v) is 9.26. The van der Waals surface area contributed by atoms with Crippen LogP contribution >= 0.6 is 6.46 Å². The van der Waals surface area contributed by atoms with E-state index in [1.807, 2.05) is 0 Å². The smallest absolute Gasteiger partial charge is 0.0774 e. The zero-order valence-electron chi connectivity index (χ0n) is 8.67. The average molecular weight is 234 g/mol. The average Bonchev–Trinajstić information content (AvgIpc) is 2.85. The third kappa shape index (κ3) is 1.48. The molecule has 1 unspecified atom stereocenters. The number of rotatable bonds is 1. The molecule has 0 N–H and O–H groups in total. The Labute approximate surface area is 97.3 Å². The maximum Gasteiger partial charge on any atom is 0.0774 e. The number of fused-ring (bicyclic) bond motifs is 1. The van der Waals surface area contributed by atoms with Gasteiger partial charge in [-0.25, -0.2) is 0 Å². The molecular weight excluding hydrogens is 219 g/mol. The molecule has 2 aliphatic rings. The van der Waals surface area contributed by atoms with Crippen molar-refractivity contribution in [1.29, 1.82) is 0 Å². The molecule has 0 nitrogen and oxygen atoms in total. The van der Waals surface area contributed by atoms with Gasteiger partial charge in [0.15, 0.2) is 0 Å². The third-order valence-electron chi connectivity index (χ3n) is 3.74. The van der Waals surface area contributed by atoms with Gasteiger partial charge in [-0.1, -0.05) is 18.2 Å². The lowest BCUT2D eigenvalue weighted by Gasteiger charge is -2.33. The van der Waals surface area contributed by atoms with Crippen LogP contribution in [-0.4, -0.2) is 5.66 Å². The summed E-state index contributed by atoms with van der Waals surface area (Å²) in [5.74, 6) is 3.18. The molecule has 0 spiro atoms. The second-order valence-electron chi connectivity index (χ2n) is 4.55. The molecule has 78 valence electrons. The highest BCUT2D eigenvalue weighted by Gasteiger charge is 2.45. The Morgan fingerprint density at radius 3 is 2.73 bits per heavy atom. The fraction of sp³-hybridized carbons (Fsp3) is 0.385. The van der Waals surface area contributed by atoms with E-state index in [-0.39, 0.29) is 0 Å². The first-order valence-corrected chi connectivity index (χ1v) is 8.59. The predicted molar refractivity (Wildman–Crippen MR) is 70.6 cm³/mol. The van der Waals surface area contributed by atoms with Crippen LogP contribution in [0.1, 0.15) is 19.3 Å². The van der Waals surface area contributed by atoms with Crippen molar-refractivity contribution in [3.8, 4) is 0 Å². The Kier molecular flexibility index (Phi) is 2.41. The highest BCUT2D eigenvalue weighted by molar-refractivity contribution is 8.47. The van der Waals surface area contributed by atoms with Crippen molar-refractivity contribution < 1.29 is 0 Å². The van der Waals surface area contributed by atoms with E-state index >= 15 is 0 Å². The molecule has 0 saturated heterocycles. The van der Waals surface area contributed by atoms with Crippen LogP contribution in [0.15, 0.2) is 42.2 Å². The van der Waals surface area contributed by atoms with Gasteiger partial charge < -0.3 is 12.2 Å². The standard InChI is InChI=1S/C13H15PS/c15-14(12-6-2-1-3-7-12)10-9-11-5-4-8-13(11)14/h1-3,6-7,9-11,13H,4-5,8H2/t11-,13-,14?/m0/s1. The van der Waals surface area contributed by atoms with E-state index in [0.29, 0.717) is 0 Å². The van der Waals surface area contributed by atoms with E-state index in [1.54, 1.807) is 0 Å². The minimum Gasteiger partial charge on any atom is -0.546 e. The SMILES string of the molecule is [S-][P+]1(c2ccccc2)C=C[C@@H]2CCC[C@@H]21. The van der Waals surface area contributed by atoms with Crippen molar-refractivity contribution in [2.45, 2.75) is 24.9 Å². The molecule has 0 aromatic heterocycles. The fourth-order valence-corrected chi connectivity index (χ4v) is 7.59. The van der Waals surface area contributed by atoms with Crippen LogP contribution in [0.5, 0.6) is 0 Å². The summed E-state index contributed by atoms with van der Waals surface area (Å²) in [6, 6.07) is 10.8. The van der Waals surface area contributed by atoms with Gasteiger partial charge in [-0.2, -0.15) is 0 Å². The second kappa shape index (κ2) is 3.64. The molecule has 1 fully saturated rings. The van der Waals surface area contributed by atoms with Crippen molar-refractivity contribution >= 4 is 24.0 Å². The summed E-state index contributed by atoms with van der Waals surface area (Å²) in [5, 5.41) is 1.42. The highest BCUT2D eigenvalue weighted by atomic mass is 32.7. The lowest BCUT2D eigenvalue weighted by atomic mass is 10.1. The summed E-state index contributed by atoms with van der Waals surface area (Å²) in [7, 11) is 0. The minimum atomic E-state index is -1.37. The van der Waals surface area contributed by atoms with E-state index in [2.05, 4.69) is 42.2 Å². The molecule has 15 heavy (non-hydrogen) atoms. The Balaban J connectivity index is 2.01. The van der Waals surface area contributed by atoms with Gasteiger partial charge in [0.25, 0.3) is 0 Å². The quantitative estimate of drug-likeness (QED) is 0.529. The number of allylic oxidation sites excluding steroid dienone is 1. The van der Waals surface area contributed by atoms with Crippen molar-refractivity contribution in [2.24, 2.45) is 5.92 Å². The largest absolute Gasteiger partial charge is 0.546 e. The molecule has 0 radical (unpaired) electrons. The third-order valence-corrected chi connectivity index (χ3v) is 8.90. The molecule has 3 rings (SSSR count). The van der Waals surface area contributed by atoms with E-state index in [4.69, 9.17) is 12.2 Å². The van der Waals surface area contributed by atoms with Gasteiger partial charge in [0, 0.05) is 11.7 Å². The van der Waals surface area contributed by atoms with Gasteiger partial charge in [-0.05, 0) is 43.9 Å². The lowest BCUT2D eigenvalue weighted by molar-refractivity contribution is 0.706. The van der Waals surface area contributed by atoms with E-state index in [9.17, 15) is 0 Å². The molecule has 1 aromatic rings. The van der Waals surface area contributed by atoms with Gasteiger partial charge in [-0.15, -0.1) is 0 Å². The summed E-state index contributed by atoms with van der Waals surface area (Å²) in [6.07, 6.45) is 6.51. The maximum absolute atomic E-state index is 6.00. The number of benzene rings is 1. The summed E-state index contributed by atoms with van der Waals surface area (Å²) in [6.45, 7) is -1.37. The van der Waals surface area contributed by atoms with E-state index in [1.165, 1.54) is 24.6 Å². The first-order valence-electron chi connectivity index (χ1n) is 5.65. The summed E-state index contributed by atoms with van der Waals surface area (Å²) in [5.41, 5.74) is 0.787. The Morgan fingerprint density at radius 1 is 1.13 bits per heavy atom. The van der Waals surface area contributed by atoms with Gasteiger partial charge in [0.2, 0.25) is 0 Å². The Hall–Kier alpha value is -0.260. The van der Waals surface area contributed by atoms with Gasteiger partial charge in [-0.3, -0.25) is 0 Å². The first kappa shape index (κ1) is 9.93. The Morgan fingerprint density at radius 2 is 1.93 bits per heavy atom. The van der Waals surface area contributed by atoms with E-state index < -0.39 is 6.46 Å². The topological polar surface area (TPSA) is 0 Å². The van der Waals surface area contributed by atoms with Gasteiger partial charge in [0.05, 0.1) is 11.0 Å². The van der Waals surface area contributed by atoms with Gasteiger partial charge >= 0.3 is 0 Å². The first-order chi connectivity index (χ1) is 7.31. The zero-order valence-corrected chi connectivity index (χ0v) is 10.4. The van der Waals surface area contributed by atoms with Crippen LogP contribution in [-0.2, 0) is 12.2 Å². The molecule has 3 atom stereocenters. The van der Waals surface area contributed by atoms with Gasteiger partial charge in [0.1, 0.15) is 0 Å². The number of hydrogen-bond acceptors (Lipinski definition) is 1. The van der Waals surface area contributed by atoms with Crippen LogP contribution in [0, 0.1) is 5.92 Å². The highest BCUT2D eigenvalue weighted by Crippen LogP contribution is 2.70. The maximum atomic E-state index is 6.00. The van der Waals surface area contributed by atoms with Crippen molar-refractivity contribution in [3.05, 3.63) is 42.2 Å². The monoisotopic (exact) mass is 234 g/mol. The van der Waals surface area contributed by atoms with Crippen LogP contribution in [0.3, 0.4) is 0 Å². The molecule has 0 amide bonds. The minimum absolute atomic E-state index is 0.787. The van der Waals surface area contributed by atoms with Crippen LogP contribution in [0.2, 0.25) is 0 Å². The summed E-state index contributed by atoms with van der Waals surface area (Å²) >= 11 is 6.00. The van der Waals surface area contributed by atoms with Crippen molar-refractivity contribution in [1.82, 2.24) is 0 Å². The molecule has 2 heteroatoms.